The van der Waals surface area contributed by atoms with Crippen LogP contribution in [-0.4, -0.2) is 23.3 Å². The van der Waals surface area contributed by atoms with E-state index in [9.17, 15) is 32.9 Å². The number of nitrogens with one attached hydrogen (secondary N) is 3. The van der Waals surface area contributed by atoms with Crippen LogP contribution in [0.2, 0.25) is 0 Å². The predicted octanol–water partition coefficient (Wildman–Crippen LogP) is 2.88. The summed E-state index contributed by atoms with van der Waals surface area (Å²) < 4.78 is 38.0. The van der Waals surface area contributed by atoms with Crippen molar-refractivity contribution in [2.24, 2.45) is 0 Å². The fraction of sp³-hybridized carbons (Fsp3) is 0.176. The van der Waals surface area contributed by atoms with E-state index in [0.29, 0.717) is 17.7 Å². The van der Waals surface area contributed by atoms with Gasteiger partial charge in [-0.05, 0) is 24.3 Å². The molecule has 0 aliphatic rings. The second-order valence-corrected chi connectivity index (χ2v) is 5.53. The van der Waals surface area contributed by atoms with Gasteiger partial charge in [0.15, 0.2) is 0 Å². The van der Waals surface area contributed by atoms with Gasteiger partial charge in [-0.2, -0.15) is 13.2 Å². The molecule has 0 aliphatic carbocycles. The van der Waals surface area contributed by atoms with E-state index in [-0.39, 0.29) is 24.6 Å². The van der Waals surface area contributed by atoms with Gasteiger partial charge < -0.3 is 5.32 Å². The molecule has 3 N–H and O–H groups in total. The summed E-state index contributed by atoms with van der Waals surface area (Å²) in [5.74, 6) is -0.998. The van der Waals surface area contributed by atoms with Gasteiger partial charge in [0.1, 0.15) is 5.69 Å². The molecule has 2 amide bonds. The maximum atomic E-state index is 12.7. The maximum absolute atomic E-state index is 12.7. The summed E-state index contributed by atoms with van der Waals surface area (Å²) >= 11 is 0. The molecule has 0 spiro atoms. The average Bonchev–Trinajstić information content (AvgIpc) is 2.66. The van der Waals surface area contributed by atoms with Crippen LogP contribution in [0.4, 0.5) is 24.5 Å². The standard InChI is InChI=1S/C17H15F3N4O4/c18-17(19,20)12-6-7-13(14(10-12)24(27)28)22-23-15(25)8-9-21-16(26)11-4-2-1-3-5-11/h1-7,10,22H,8-9H2,(H,21,26)(H,23,25). The highest BCUT2D eigenvalue weighted by Crippen LogP contribution is 2.34. The monoisotopic (exact) mass is 396 g/mol. The Bertz CT molecular complexity index is 872. The van der Waals surface area contributed by atoms with Gasteiger partial charge in [-0.25, -0.2) is 0 Å². The predicted molar refractivity (Wildman–Crippen MR) is 93.3 cm³/mol. The lowest BCUT2D eigenvalue weighted by atomic mass is 10.1. The van der Waals surface area contributed by atoms with Crippen molar-refractivity contribution >= 4 is 23.2 Å². The molecule has 11 heteroatoms. The lowest BCUT2D eigenvalue weighted by Crippen LogP contribution is -2.33. The molecule has 0 saturated carbocycles. The normalized spacial score (nSPS) is 10.8. The molecule has 0 aliphatic heterocycles. The van der Waals surface area contributed by atoms with Crippen LogP contribution in [0.5, 0.6) is 0 Å². The number of nitrogens with zero attached hydrogens (tertiary/aromatic N) is 1. The zero-order valence-electron chi connectivity index (χ0n) is 14.2. The minimum Gasteiger partial charge on any atom is -0.352 e. The molecule has 0 fully saturated rings. The molecule has 148 valence electrons. The summed E-state index contributed by atoms with van der Waals surface area (Å²) in [6, 6.07) is 10.2. The number of nitro benzene ring substituents is 1. The van der Waals surface area contributed by atoms with Crippen molar-refractivity contribution < 1.29 is 27.7 Å². The zero-order valence-corrected chi connectivity index (χ0v) is 14.2. The summed E-state index contributed by atoms with van der Waals surface area (Å²) in [6.45, 7) is -0.00363. The van der Waals surface area contributed by atoms with E-state index >= 15 is 0 Å². The van der Waals surface area contributed by atoms with Gasteiger partial charge >= 0.3 is 6.18 Å². The van der Waals surface area contributed by atoms with Crippen LogP contribution in [0.15, 0.2) is 48.5 Å². The van der Waals surface area contributed by atoms with Gasteiger partial charge in [0.25, 0.3) is 11.6 Å². The van der Waals surface area contributed by atoms with Crippen LogP contribution in [0.1, 0.15) is 22.3 Å². The van der Waals surface area contributed by atoms with Crippen LogP contribution < -0.4 is 16.2 Å². The molecule has 0 saturated heterocycles. The summed E-state index contributed by atoms with van der Waals surface area (Å²) in [4.78, 5) is 33.5. The minimum absolute atomic E-state index is 0.00363. The molecule has 8 nitrogen and oxygen atoms in total. The Hall–Kier alpha value is -3.63. The van der Waals surface area contributed by atoms with Gasteiger partial charge in [0, 0.05) is 24.6 Å². The largest absolute Gasteiger partial charge is 0.416 e. The number of hydrazine groups is 1. The van der Waals surface area contributed by atoms with Gasteiger partial charge in [-0.15, -0.1) is 0 Å². The van der Waals surface area contributed by atoms with Gasteiger partial charge in [0.05, 0.1) is 10.5 Å². The third kappa shape index (κ3) is 5.69. The number of carbonyl (C=O) groups is 2. The topological polar surface area (TPSA) is 113 Å². The van der Waals surface area contributed by atoms with E-state index in [1.807, 2.05) is 0 Å². The fourth-order valence-electron chi connectivity index (χ4n) is 2.15. The van der Waals surface area contributed by atoms with Gasteiger partial charge in [0.2, 0.25) is 5.91 Å². The second kappa shape index (κ2) is 8.84. The molecule has 28 heavy (non-hydrogen) atoms. The van der Waals surface area contributed by atoms with Crippen molar-refractivity contribution in [3.63, 3.8) is 0 Å². The molecular weight excluding hydrogens is 381 g/mol. The van der Waals surface area contributed by atoms with E-state index < -0.39 is 28.3 Å². The number of alkyl halides is 3. The smallest absolute Gasteiger partial charge is 0.352 e. The lowest BCUT2D eigenvalue weighted by molar-refractivity contribution is -0.384. The molecule has 0 unspecified atom stereocenters. The molecule has 0 radical (unpaired) electrons. The average molecular weight is 396 g/mol. The van der Waals surface area contributed by atoms with Crippen molar-refractivity contribution in [1.29, 1.82) is 0 Å². The first kappa shape index (κ1) is 20.7. The van der Waals surface area contributed by atoms with E-state index in [4.69, 9.17) is 0 Å². The molecule has 0 heterocycles. The molecule has 0 atom stereocenters. The highest BCUT2D eigenvalue weighted by molar-refractivity contribution is 5.94. The molecule has 0 bridgehead atoms. The van der Waals surface area contributed by atoms with Crippen LogP contribution in [0.3, 0.4) is 0 Å². The van der Waals surface area contributed by atoms with Crippen LogP contribution in [0, 0.1) is 10.1 Å². The number of anilines is 1. The maximum Gasteiger partial charge on any atom is 0.416 e. The quantitative estimate of drug-likeness (QED) is 0.492. The Labute approximate surface area is 156 Å². The summed E-state index contributed by atoms with van der Waals surface area (Å²) in [7, 11) is 0. The zero-order chi connectivity index (χ0) is 20.7. The first-order chi connectivity index (χ1) is 13.2. The second-order valence-electron chi connectivity index (χ2n) is 5.53. The summed E-state index contributed by atoms with van der Waals surface area (Å²) in [6.07, 6.45) is -4.89. The minimum atomic E-state index is -4.73. The van der Waals surface area contributed by atoms with E-state index in [1.54, 1.807) is 30.3 Å². The van der Waals surface area contributed by atoms with E-state index in [0.717, 1.165) is 6.07 Å². The van der Waals surface area contributed by atoms with E-state index in [2.05, 4.69) is 16.2 Å². The van der Waals surface area contributed by atoms with E-state index in [1.165, 1.54) is 0 Å². The Kier molecular flexibility index (Phi) is 6.53. The Balaban J connectivity index is 1.88. The highest BCUT2D eigenvalue weighted by Gasteiger charge is 2.33. The number of rotatable bonds is 7. The first-order valence-electron chi connectivity index (χ1n) is 7.92. The molecule has 0 aromatic heterocycles. The molecule has 2 aromatic carbocycles. The number of carbonyl (C=O) groups excluding carboxylic acids is 2. The van der Waals surface area contributed by atoms with Gasteiger partial charge in [-0.3, -0.25) is 30.6 Å². The van der Waals surface area contributed by atoms with Crippen molar-refractivity contribution in [3.05, 3.63) is 69.8 Å². The van der Waals surface area contributed by atoms with Crippen molar-refractivity contribution in [2.75, 3.05) is 12.0 Å². The third-order valence-electron chi connectivity index (χ3n) is 3.53. The first-order valence-corrected chi connectivity index (χ1v) is 7.92. The van der Waals surface area contributed by atoms with Crippen molar-refractivity contribution in [2.45, 2.75) is 12.6 Å². The summed E-state index contributed by atoms with van der Waals surface area (Å²) in [5, 5.41) is 13.5. The Morgan fingerprint density at radius 3 is 2.36 bits per heavy atom. The van der Waals surface area contributed by atoms with Crippen molar-refractivity contribution in [3.8, 4) is 0 Å². The Morgan fingerprint density at radius 1 is 1.07 bits per heavy atom. The number of halogens is 3. The number of hydrogen-bond donors (Lipinski definition) is 3. The van der Waals surface area contributed by atoms with Crippen LogP contribution in [-0.2, 0) is 11.0 Å². The molecule has 2 aromatic rings. The van der Waals surface area contributed by atoms with Crippen LogP contribution >= 0.6 is 0 Å². The molecular formula is C17H15F3N4O4. The van der Waals surface area contributed by atoms with Crippen molar-refractivity contribution in [1.82, 2.24) is 10.7 Å². The third-order valence-corrected chi connectivity index (χ3v) is 3.53. The number of amides is 2. The fourth-order valence-corrected chi connectivity index (χ4v) is 2.15. The lowest BCUT2D eigenvalue weighted by Gasteiger charge is -2.11. The summed E-state index contributed by atoms with van der Waals surface area (Å²) in [5.41, 5.74) is 2.45. The number of hydrogen-bond acceptors (Lipinski definition) is 5. The molecule has 2 rings (SSSR count). The Morgan fingerprint density at radius 2 is 1.75 bits per heavy atom. The highest BCUT2D eigenvalue weighted by atomic mass is 19.4. The number of nitro groups is 1. The number of benzene rings is 2. The van der Waals surface area contributed by atoms with Gasteiger partial charge in [-0.1, -0.05) is 18.2 Å². The van der Waals surface area contributed by atoms with Crippen LogP contribution in [0.25, 0.3) is 0 Å². The SMILES string of the molecule is O=C(CCNC(=O)c1ccccc1)NNc1ccc(C(F)(F)F)cc1[N+](=O)[O-].